The van der Waals surface area contributed by atoms with Gasteiger partial charge in [0, 0.05) is 13.0 Å². The van der Waals surface area contributed by atoms with E-state index in [2.05, 4.69) is 0 Å². The topological polar surface area (TPSA) is 87.1 Å². The Labute approximate surface area is 181 Å². The Bertz CT molecular complexity index is 972. The molecule has 4 atom stereocenters. The maximum Gasteiger partial charge on any atom is 0.234 e. The van der Waals surface area contributed by atoms with Crippen molar-refractivity contribution in [2.75, 3.05) is 20.3 Å². The van der Waals surface area contributed by atoms with Gasteiger partial charge >= 0.3 is 0 Å². The summed E-state index contributed by atoms with van der Waals surface area (Å²) >= 11 is 0. The van der Waals surface area contributed by atoms with Crippen molar-refractivity contribution in [3.63, 3.8) is 0 Å². The van der Waals surface area contributed by atoms with Crippen LogP contribution in [0, 0.1) is 17.8 Å². The van der Waals surface area contributed by atoms with Gasteiger partial charge in [0.05, 0.1) is 31.6 Å². The number of nitrogens with zero attached hydrogens (tertiary/aromatic N) is 1. The smallest absolute Gasteiger partial charge is 0.234 e. The molecular formula is C25H27NO5. The summed E-state index contributed by atoms with van der Waals surface area (Å²) in [6.45, 7) is 0.116. The highest BCUT2D eigenvalue weighted by Gasteiger charge is 2.54. The number of likely N-dealkylation sites (tertiary alicyclic amines) is 1. The lowest BCUT2D eigenvalue weighted by Crippen LogP contribution is -2.38. The summed E-state index contributed by atoms with van der Waals surface area (Å²) in [6.07, 6.45) is -0.639. The van der Waals surface area contributed by atoms with E-state index < -0.39 is 23.9 Å². The highest BCUT2D eigenvalue weighted by atomic mass is 16.5. The number of ether oxygens (including phenoxy) is 1. The molecule has 1 aliphatic carbocycles. The van der Waals surface area contributed by atoms with Crippen molar-refractivity contribution < 1.29 is 24.5 Å². The predicted molar refractivity (Wildman–Crippen MR) is 114 cm³/mol. The summed E-state index contributed by atoms with van der Waals surface area (Å²) in [6, 6.07) is 18.5. The summed E-state index contributed by atoms with van der Waals surface area (Å²) in [5.74, 6) is -2.39. The van der Waals surface area contributed by atoms with Crippen LogP contribution in [0.4, 0.5) is 0 Å². The first-order valence-electron chi connectivity index (χ1n) is 10.5. The minimum absolute atomic E-state index is 0.208. The summed E-state index contributed by atoms with van der Waals surface area (Å²) in [5.41, 5.74) is 2.93. The first-order valence-corrected chi connectivity index (χ1v) is 10.5. The van der Waals surface area contributed by atoms with Gasteiger partial charge in [0.2, 0.25) is 11.8 Å². The number of hydrogen-bond donors (Lipinski definition) is 2. The molecule has 2 N–H and O–H groups in total. The largest absolute Gasteiger partial charge is 0.396 e. The van der Waals surface area contributed by atoms with Crippen molar-refractivity contribution in [1.82, 2.24) is 4.90 Å². The Hall–Kier alpha value is -2.80. The predicted octanol–water partition coefficient (Wildman–Crippen LogP) is 2.48. The molecule has 0 unspecified atom stereocenters. The Morgan fingerprint density at radius 2 is 1.68 bits per heavy atom. The van der Waals surface area contributed by atoms with Gasteiger partial charge in [0.25, 0.3) is 0 Å². The monoisotopic (exact) mass is 421 g/mol. The lowest BCUT2D eigenvalue weighted by Gasteiger charge is -2.36. The van der Waals surface area contributed by atoms with Gasteiger partial charge < -0.3 is 14.9 Å². The quantitative estimate of drug-likeness (QED) is 0.530. The summed E-state index contributed by atoms with van der Waals surface area (Å²) in [4.78, 5) is 27.9. The van der Waals surface area contributed by atoms with Crippen LogP contribution in [0.1, 0.15) is 23.7 Å². The van der Waals surface area contributed by atoms with Gasteiger partial charge in [-0.25, -0.2) is 0 Å². The fourth-order valence-corrected chi connectivity index (χ4v) is 4.98. The number of imide groups is 1. The molecule has 0 spiro atoms. The number of fused-ring (bicyclic) bond motifs is 1. The van der Waals surface area contributed by atoms with Crippen LogP contribution in [0.2, 0.25) is 0 Å². The van der Waals surface area contributed by atoms with Crippen LogP contribution in [0.25, 0.3) is 0 Å². The van der Waals surface area contributed by atoms with E-state index in [0.717, 1.165) is 11.1 Å². The second-order valence-corrected chi connectivity index (χ2v) is 8.18. The molecule has 1 fully saturated rings. The van der Waals surface area contributed by atoms with Crippen LogP contribution in [-0.4, -0.2) is 47.3 Å². The number of amides is 2. The zero-order valence-electron chi connectivity index (χ0n) is 17.5. The Morgan fingerprint density at radius 1 is 1.03 bits per heavy atom. The molecule has 4 rings (SSSR count). The van der Waals surface area contributed by atoms with Crippen LogP contribution in [0.3, 0.4) is 0 Å². The zero-order chi connectivity index (χ0) is 22.0. The molecule has 1 aliphatic heterocycles. The number of carbonyl (C=O) groups is 2. The number of aliphatic hydroxyl groups excluding tert-OH is 2. The molecule has 6 heteroatoms. The van der Waals surface area contributed by atoms with Crippen LogP contribution in [0.15, 0.2) is 71.8 Å². The minimum Gasteiger partial charge on any atom is -0.396 e. The molecule has 0 saturated carbocycles. The van der Waals surface area contributed by atoms with Crippen molar-refractivity contribution >= 4 is 11.8 Å². The average Bonchev–Trinajstić information content (AvgIpc) is 3.04. The van der Waals surface area contributed by atoms with Crippen molar-refractivity contribution in [3.05, 3.63) is 82.9 Å². The van der Waals surface area contributed by atoms with E-state index in [1.165, 1.54) is 4.90 Å². The Morgan fingerprint density at radius 3 is 2.29 bits per heavy atom. The number of carbonyl (C=O) groups excluding carboxylic acids is 2. The third-order valence-electron chi connectivity index (χ3n) is 6.38. The van der Waals surface area contributed by atoms with Crippen LogP contribution in [0.5, 0.6) is 0 Å². The maximum atomic E-state index is 13.4. The lowest BCUT2D eigenvalue weighted by atomic mass is 9.68. The van der Waals surface area contributed by atoms with Gasteiger partial charge in [0.15, 0.2) is 0 Å². The van der Waals surface area contributed by atoms with Crippen LogP contribution in [-0.2, 0) is 20.9 Å². The molecule has 31 heavy (non-hydrogen) atoms. The van der Waals surface area contributed by atoms with E-state index in [1.807, 2.05) is 60.7 Å². The van der Waals surface area contributed by atoms with Crippen molar-refractivity contribution in [1.29, 1.82) is 0 Å². The number of rotatable bonds is 7. The molecule has 0 aromatic heterocycles. The molecule has 0 bridgehead atoms. The highest BCUT2D eigenvalue weighted by molar-refractivity contribution is 6.05. The van der Waals surface area contributed by atoms with Crippen molar-refractivity contribution in [2.24, 2.45) is 17.8 Å². The third-order valence-corrected chi connectivity index (χ3v) is 6.38. The van der Waals surface area contributed by atoms with Crippen LogP contribution >= 0.6 is 0 Å². The molecule has 1 saturated heterocycles. The summed E-state index contributed by atoms with van der Waals surface area (Å²) in [5, 5.41) is 21.5. The minimum atomic E-state index is -0.976. The van der Waals surface area contributed by atoms with E-state index in [9.17, 15) is 19.8 Å². The second-order valence-electron chi connectivity index (χ2n) is 8.18. The van der Waals surface area contributed by atoms with Crippen LogP contribution < -0.4 is 0 Å². The van der Waals surface area contributed by atoms with E-state index >= 15 is 0 Å². The SMILES string of the molecule is COCC1=C([C@H](O)c2ccccc2)[C@H](CO)[C@@H]2C(=O)N(Cc3ccccc3)C(=O)[C@@H]2C1. The first-order chi connectivity index (χ1) is 15.1. The fraction of sp³-hybridized carbons (Fsp3) is 0.360. The fourth-order valence-electron chi connectivity index (χ4n) is 4.98. The second kappa shape index (κ2) is 9.14. The molecule has 0 radical (unpaired) electrons. The van der Waals surface area contributed by atoms with Crippen molar-refractivity contribution in [3.8, 4) is 0 Å². The van der Waals surface area contributed by atoms with E-state index in [-0.39, 0.29) is 31.6 Å². The normalized spacial score (nSPS) is 24.5. The van der Waals surface area contributed by atoms with Gasteiger partial charge in [-0.3, -0.25) is 14.5 Å². The molecule has 2 amide bonds. The van der Waals surface area contributed by atoms with E-state index in [4.69, 9.17) is 4.74 Å². The Balaban J connectivity index is 1.70. The zero-order valence-corrected chi connectivity index (χ0v) is 17.5. The third kappa shape index (κ3) is 3.94. The molecule has 6 nitrogen and oxygen atoms in total. The van der Waals surface area contributed by atoms with Gasteiger partial charge in [-0.05, 0) is 28.7 Å². The highest BCUT2D eigenvalue weighted by Crippen LogP contribution is 2.48. The summed E-state index contributed by atoms with van der Waals surface area (Å²) < 4.78 is 5.36. The number of benzene rings is 2. The molecule has 2 aromatic rings. The number of aliphatic hydroxyl groups is 2. The molecule has 162 valence electrons. The maximum absolute atomic E-state index is 13.4. The van der Waals surface area contributed by atoms with Gasteiger partial charge in [-0.1, -0.05) is 60.7 Å². The molecule has 2 aromatic carbocycles. The number of hydrogen-bond acceptors (Lipinski definition) is 5. The lowest BCUT2D eigenvalue weighted by molar-refractivity contribution is -0.140. The van der Waals surface area contributed by atoms with Gasteiger partial charge in [-0.2, -0.15) is 0 Å². The van der Waals surface area contributed by atoms with Crippen molar-refractivity contribution in [2.45, 2.75) is 19.1 Å². The van der Waals surface area contributed by atoms with E-state index in [1.54, 1.807) is 7.11 Å². The first kappa shape index (κ1) is 21.4. The summed E-state index contributed by atoms with van der Waals surface area (Å²) in [7, 11) is 1.56. The van der Waals surface area contributed by atoms with Gasteiger partial charge in [0.1, 0.15) is 6.10 Å². The number of methoxy groups -OCH3 is 1. The van der Waals surface area contributed by atoms with E-state index in [0.29, 0.717) is 17.6 Å². The molecular weight excluding hydrogens is 394 g/mol. The average molecular weight is 421 g/mol. The molecule has 2 aliphatic rings. The molecule has 1 heterocycles. The Kier molecular flexibility index (Phi) is 6.32. The van der Waals surface area contributed by atoms with Gasteiger partial charge in [-0.15, -0.1) is 0 Å². The standard InChI is InChI=1S/C25H27NO5/c1-31-15-18-12-19-22(20(14-27)21(18)23(28)17-10-6-3-7-11-17)25(30)26(24(19)29)13-16-8-4-2-5-9-16/h2-11,19-20,22-23,27-28H,12-15H2,1H3/t19-,20+,22-,23-/m1/s1.